The minimum atomic E-state index is 0.0119. The summed E-state index contributed by atoms with van der Waals surface area (Å²) in [4.78, 5) is 0. The summed E-state index contributed by atoms with van der Waals surface area (Å²) >= 11 is 4.15. The second kappa shape index (κ2) is 7.05. The summed E-state index contributed by atoms with van der Waals surface area (Å²) in [7, 11) is 1.79. The Morgan fingerprint density at radius 2 is 1.87 bits per heavy atom. The van der Waals surface area contributed by atoms with Gasteiger partial charge in [0.05, 0.1) is 5.60 Å². The third kappa shape index (κ3) is 6.05. The van der Waals surface area contributed by atoms with Gasteiger partial charge in [0.2, 0.25) is 0 Å². The molecule has 0 unspecified atom stereocenters. The molecule has 1 aliphatic heterocycles. The quantitative estimate of drug-likeness (QED) is 0.806. The smallest absolute Gasteiger partial charge is 0.0634 e. The minimum Gasteiger partial charge on any atom is -0.379 e. The normalized spacial score (nSPS) is 20.2. The van der Waals surface area contributed by atoms with E-state index in [1.807, 2.05) is 0 Å². The maximum absolute atomic E-state index is 5.40. The number of ether oxygens (including phenoxy) is 1. The third-order valence-electron chi connectivity index (χ3n) is 2.72. The first-order valence-electron chi connectivity index (χ1n) is 5.58. The minimum absolute atomic E-state index is 0.0119. The van der Waals surface area contributed by atoms with Crippen LogP contribution in [0.25, 0.3) is 0 Å². The first kappa shape index (κ1) is 13.7. The van der Waals surface area contributed by atoms with Crippen molar-refractivity contribution in [3.05, 3.63) is 0 Å². The maximum atomic E-state index is 5.40. The molecule has 0 radical (unpaired) electrons. The molecule has 0 saturated carbocycles. The van der Waals surface area contributed by atoms with Crippen LogP contribution in [0.4, 0.5) is 0 Å². The van der Waals surface area contributed by atoms with Crippen LogP contribution in [0.15, 0.2) is 0 Å². The highest BCUT2D eigenvalue weighted by molar-refractivity contribution is 8.03. The summed E-state index contributed by atoms with van der Waals surface area (Å²) in [5.74, 6) is 5.15. The molecule has 1 aliphatic rings. The van der Waals surface area contributed by atoms with Crippen molar-refractivity contribution in [2.45, 2.75) is 31.9 Å². The molecule has 1 rings (SSSR count). The Morgan fingerprint density at radius 1 is 1.27 bits per heavy atom. The Hall–Kier alpha value is 0.620. The van der Waals surface area contributed by atoms with Crippen LogP contribution in [0.3, 0.4) is 0 Å². The van der Waals surface area contributed by atoms with Crippen molar-refractivity contribution in [2.24, 2.45) is 0 Å². The standard InChI is InChI=1S/C11H23NOS2/c1-11(2,13-3)4-5-12-10-8-14-6-7-15-9-10/h10,12H,4-9H2,1-3H3. The van der Waals surface area contributed by atoms with Crippen molar-refractivity contribution in [3.63, 3.8) is 0 Å². The van der Waals surface area contributed by atoms with Gasteiger partial charge in [0.15, 0.2) is 0 Å². The number of hydrogen-bond donors (Lipinski definition) is 1. The van der Waals surface area contributed by atoms with Crippen LogP contribution in [0, 0.1) is 0 Å². The number of methoxy groups -OCH3 is 1. The first-order valence-corrected chi connectivity index (χ1v) is 7.89. The van der Waals surface area contributed by atoms with Crippen molar-refractivity contribution in [3.8, 4) is 0 Å². The van der Waals surface area contributed by atoms with Gasteiger partial charge in [-0.15, -0.1) is 0 Å². The van der Waals surface area contributed by atoms with E-state index in [0.717, 1.165) is 13.0 Å². The van der Waals surface area contributed by atoms with E-state index in [-0.39, 0.29) is 5.60 Å². The molecule has 0 aromatic heterocycles. The summed E-state index contributed by atoms with van der Waals surface area (Å²) < 4.78 is 5.40. The molecule has 1 saturated heterocycles. The van der Waals surface area contributed by atoms with E-state index in [2.05, 4.69) is 42.7 Å². The van der Waals surface area contributed by atoms with Crippen molar-refractivity contribution >= 4 is 23.5 Å². The van der Waals surface area contributed by atoms with Crippen molar-refractivity contribution in [1.82, 2.24) is 5.32 Å². The van der Waals surface area contributed by atoms with E-state index >= 15 is 0 Å². The van der Waals surface area contributed by atoms with Gasteiger partial charge in [0, 0.05) is 36.2 Å². The summed E-state index contributed by atoms with van der Waals surface area (Å²) in [6, 6.07) is 0.690. The molecule has 0 bridgehead atoms. The highest BCUT2D eigenvalue weighted by Gasteiger charge is 2.17. The average Bonchev–Trinajstić information content (AvgIpc) is 2.46. The zero-order valence-electron chi connectivity index (χ0n) is 10.0. The lowest BCUT2D eigenvalue weighted by Gasteiger charge is -2.24. The molecule has 0 aromatic rings. The average molecular weight is 249 g/mol. The molecule has 90 valence electrons. The Kier molecular flexibility index (Phi) is 6.43. The Balaban J connectivity index is 2.13. The molecular weight excluding hydrogens is 226 g/mol. The number of nitrogens with one attached hydrogen (secondary N) is 1. The van der Waals surface area contributed by atoms with Crippen LogP contribution in [0.1, 0.15) is 20.3 Å². The summed E-state index contributed by atoms with van der Waals surface area (Å²) in [5, 5.41) is 3.63. The van der Waals surface area contributed by atoms with Crippen LogP contribution < -0.4 is 5.32 Å². The van der Waals surface area contributed by atoms with E-state index in [1.54, 1.807) is 7.11 Å². The van der Waals surface area contributed by atoms with Gasteiger partial charge in [-0.1, -0.05) is 0 Å². The Labute approximate surface area is 102 Å². The Bertz CT molecular complexity index is 168. The molecule has 15 heavy (non-hydrogen) atoms. The van der Waals surface area contributed by atoms with Crippen molar-refractivity contribution < 1.29 is 4.74 Å². The van der Waals surface area contributed by atoms with Crippen LogP contribution >= 0.6 is 23.5 Å². The SMILES string of the molecule is COC(C)(C)CCNC1CSCCSC1. The van der Waals surface area contributed by atoms with Crippen molar-refractivity contribution in [2.75, 3.05) is 36.7 Å². The topological polar surface area (TPSA) is 21.3 Å². The van der Waals surface area contributed by atoms with Crippen LogP contribution in [-0.2, 0) is 4.74 Å². The van der Waals surface area contributed by atoms with Gasteiger partial charge < -0.3 is 10.1 Å². The molecule has 4 heteroatoms. The van der Waals surface area contributed by atoms with Crippen molar-refractivity contribution in [1.29, 1.82) is 0 Å². The maximum Gasteiger partial charge on any atom is 0.0634 e. The largest absolute Gasteiger partial charge is 0.379 e. The van der Waals surface area contributed by atoms with E-state index in [4.69, 9.17) is 4.74 Å². The molecule has 0 amide bonds. The second-order valence-electron chi connectivity index (χ2n) is 4.51. The molecule has 0 spiro atoms. The fourth-order valence-electron chi connectivity index (χ4n) is 1.41. The van der Waals surface area contributed by atoms with Gasteiger partial charge >= 0.3 is 0 Å². The van der Waals surface area contributed by atoms with Gasteiger partial charge in [-0.3, -0.25) is 0 Å². The number of hydrogen-bond acceptors (Lipinski definition) is 4. The summed E-state index contributed by atoms with van der Waals surface area (Å²) in [5.41, 5.74) is 0.0119. The molecule has 2 nitrogen and oxygen atoms in total. The molecule has 0 atom stereocenters. The Morgan fingerprint density at radius 3 is 2.40 bits per heavy atom. The van der Waals surface area contributed by atoms with Gasteiger partial charge in [0.25, 0.3) is 0 Å². The number of rotatable bonds is 5. The fraction of sp³-hybridized carbons (Fsp3) is 1.00. The van der Waals surface area contributed by atoms with Gasteiger partial charge in [0.1, 0.15) is 0 Å². The lowest BCUT2D eigenvalue weighted by atomic mass is 10.1. The van der Waals surface area contributed by atoms with E-state index in [9.17, 15) is 0 Å². The monoisotopic (exact) mass is 249 g/mol. The number of thioether (sulfide) groups is 2. The fourth-order valence-corrected chi connectivity index (χ4v) is 3.88. The first-order chi connectivity index (χ1) is 7.14. The van der Waals surface area contributed by atoms with Crippen LogP contribution in [0.2, 0.25) is 0 Å². The second-order valence-corrected chi connectivity index (χ2v) is 6.81. The lowest BCUT2D eigenvalue weighted by molar-refractivity contribution is 0.0156. The van der Waals surface area contributed by atoms with E-state index in [1.165, 1.54) is 23.0 Å². The molecule has 1 heterocycles. The van der Waals surface area contributed by atoms with Gasteiger partial charge in [-0.25, -0.2) is 0 Å². The zero-order chi connectivity index (χ0) is 11.1. The molecule has 0 aromatic carbocycles. The summed E-state index contributed by atoms with van der Waals surface area (Å²) in [6.45, 7) is 5.35. The third-order valence-corrected chi connectivity index (χ3v) is 5.24. The lowest BCUT2D eigenvalue weighted by Crippen LogP contribution is -2.37. The summed E-state index contributed by atoms with van der Waals surface area (Å²) in [6.07, 6.45) is 1.08. The molecule has 0 aliphatic carbocycles. The highest BCUT2D eigenvalue weighted by Crippen LogP contribution is 2.17. The predicted octanol–water partition coefficient (Wildman–Crippen LogP) is 2.24. The van der Waals surface area contributed by atoms with Crippen LogP contribution in [0.5, 0.6) is 0 Å². The highest BCUT2D eigenvalue weighted by atomic mass is 32.2. The van der Waals surface area contributed by atoms with Gasteiger partial charge in [-0.2, -0.15) is 23.5 Å². The predicted molar refractivity (Wildman–Crippen MR) is 72.1 cm³/mol. The molecular formula is C11H23NOS2. The van der Waals surface area contributed by atoms with Crippen LogP contribution in [-0.4, -0.2) is 48.3 Å². The van der Waals surface area contributed by atoms with Gasteiger partial charge in [-0.05, 0) is 26.8 Å². The zero-order valence-corrected chi connectivity index (χ0v) is 11.7. The molecule has 1 fully saturated rings. The molecule has 1 N–H and O–H groups in total. The van der Waals surface area contributed by atoms with E-state index in [0.29, 0.717) is 6.04 Å². The van der Waals surface area contributed by atoms with E-state index < -0.39 is 0 Å².